The van der Waals surface area contributed by atoms with Crippen LogP contribution < -0.4 is 10.6 Å². The average molecular weight is 524 g/mol. The van der Waals surface area contributed by atoms with Crippen LogP contribution in [0, 0.1) is 0 Å². The first-order chi connectivity index (χ1) is 13.9. The number of aliphatic imine (C=N–C) groups is 1. The Bertz CT molecular complexity index is 839. The normalized spacial score (nSPS) is 11.7. The van der Waals surface area contributed by atoms with Crippen LogP contribution in [0.15, 0.2) is 59.6 Å². The van der Waals surface area contributed by atoms with Gasteiger partial charge in [0.05, 0.1) is 31.8 Å². The molecule has 0 aliphatic rings. The summed E-state index contributed by atoms with van der Waals surface area (Å²) in [6.07, 6.45) is 0. The van der Waals surface area contributed by atoms with E-state index in [2.05, 4.69) is 15.6 Å². The van der Waals surface area contributed by atoms with Gasteiger partial charge in [-0.3, -0.25) is 4.79 Å². The van der Waals surface area contributed by atoms with Crippen LogP contribution in [0.5, 0.6) is 0 Å². The van der Waals surface area contributed by atoms with Crippen LogP contribution in [0.3, 0.4) is 0 Å². The molecule has 0 saturated heterocycles. The van der Waals surface area contributed by atoms with Crippen LogP contribution in [0.1, 0.15) is 34.5 Å². The molecule has 1 atom stereocenters. The molecule has 0 heterocycles. The van der Waals surface area contributed by atoms with Crippen molar-refractivity contribution >= 4 is 41.8 Å². The third kappa shape index (κ3) is 8.02. The zero-order valence-corrected chi connectivity index (χ0v) is 20.0. The first kappa shape index (κ1) is 25.4. The van der Waals surface area contributed by atoms with Crippen molar-refractivity contribution in [1.82, 2.24) is 15.5 Å². The predicted octanol–water partition coefficient (Wildman–Crippen LogP) is 2.98. The highest BCUT2D eigenvalue weighted by Crippen LogP contribution is 2.11. The number of nitrogens with zero attached hydrogens (tertiary/aromatic N) is 2. The zero-order valence-electron chi connectivity index (χ0n) is 17.7. The molecule has 8 heteroatoms. The van der Waals surface area contributed by atoms with Gasteiger partial charge >= 0.3 is 5.97 Å². The summed E-state index contributed by atoms with van der Waals surface area (Å²) in [5, 5.41) is 6.41. The number of guanidine groups is 1. The molecule has 0 spiro atoms. The Labute approximate surface area is 194 Å². The van der Waals surface area contributed by atoms with Gasteiger partial charge < -0.3 is 20.3 Å². The van der Waals surface area contributed by atoms with Crippen molar-refractivity contribution in [3.63, 3.8) is 0 Å². The van der Waals surface area contributed by atoms with E-state index in [1.165, 1.54) is 12.0 Å². The number of halogens is 1. The Morgan fingerprint density at radius 2 is 1.70 bits per heavy atom. The predicted molar refractivity (Wildman–Crippen MR) is 129 cm³/mol. The number of amides is 1. The summed E-state index contributed by atoms with van der Waals surface area (Å²) in [4.78, 5) is 29.6. The molecule has 0 radical (unpaired) electrons. The standard InChI is InChI=1S/C22H28N4O3.HI/c1-16(18-8-6-5-7-9-18)25-22(24-15-20(27)26(2)3)23-14-17-10-12-19(13-11-17)21(28)29-4;/h5-13,16H,14-15H2,1-4H3,(H2,23,24,25);1H. The minimum Gasteiger partial charge on any atom is -0.465 e. The van der Waals surface area contributed by atoms with E-state index in [1.807, 2.05) is 49.4 Å². The van der Waals surface area contributed by atoms with E-state index in [0.717, 1.165) is 11.1 Å². The average Bonchev–Trinajstić information content (AvgIpc) is 2.75. The second-order valence-corrected chi connectivity index (χ2v) is 6.77. The van der Waals surface area contributed by atoms with Crippen molar-refractivity contribution in [2.45, 2.75) is 19.5 Å². The molecule has 162 valence electrons. The number of benzene rings is 2. The number of carbonyl (C=O) groups excluding carboxylic acids is 2. The smallest absolute Gasteiger partial charge is 0.337 e. The van der Waals surface area contributed by atoms with Gasteiger partial charge in [0.2, 0.25) is 5.91 Å². The molecule has 0 aliphatic carbocycles. The number of ether oxygens (including phenoxy) is 1. The molecule has 1 unspecified atom stereocenters. The molecule has 30 heavy (non-hydrogen) atoms. The fraction of sp³-hybridized carbons (Fsp3) is 0.318. The van der Waals surface area contributed by atoms with Gasteiger partial charge in [0, 0.05) is 14.1 Å². The molecular weight excluding hydrogens is 495 g/mol. The van der Waals surface area contributed by atoms with Gasteiger partial charge in [-0.2, -0.15) is 0 Å². The van der Waals surface area contributed by atoms with Crippen molar-refractivity contribution < 1.29 is 14.3 Å². The molecule has 2 aromatic rings. The first-order valence-corrected chi connectivity index (χ1v) is 9.38. The number of hydrogen-bond donors (Lipinski definition) is 2. The van der Waals surface area contributed by atoms with Crippen molar-refractivity contribution in [1.29, 1.82) is 0 Å². The molecule has 0 fully saturated rings. The number of carbonyl (C=O) groups is 2. The molecule has 0 saturated carbocycles. The van der Waals surface area contributed by atoms with E-state index in [9.17, 15) is 9.59 Å². The lowest BCUT2D eigenvalue weighted by Crippen LogP contribution is -2.43. The highest BCUT2D eigenvalue weighted by Gasteiger charge is 2.10. The monoisotopic (exact) mass is 524 g/mol. The minimum atomic E-state index is -0.372. The van der Waals surface area contributed by atoms with Crippen LogP contribution in [0.25, 0.3) is 0 Å². The van der Waals surface area contributed by atoms with E-state index in [0.29, 0.717) is 18.1 Å². The van der Waals surface area contributed by atoms with Crippen LogP contribution in [-0.4, -0.2) is 50.5 Å². The number of nitrogens with one attached hydrogen (secondary N) is 2. The number of likely N-dealkylation sites (N-methyl/N-ethyl adjacent to an activating group) is 1. The quantitative estimate of drug-likeness (QED) is 0.252. The molecule has 7 nitrogen and oxygen atoms in total. The third-order valence-electron chi connectivity index (χ3n) is 4.35. The van der Waals surface area contributed by atoms with E-state index < -0.39 is 0 Å². The van der Waals surface area contributed by atoms with Crippen LogP contribution in [0.4, 0.5) is 0 Å². The summed E-state index contributed by atoms with van der Waals surface area (Å²) in [5.41, 5.74) is 2.54. The Kier molecular flexibility index (Phi) is 10.9. The van der Waals surface area contributed by atoms with Gasteiger partial charge in [-0.15, -0.1) is 24.0 Å². The molecular formula is C22H29IN4O3. The van der Waals surface area contributed by atoms with E-state index >= 15 is 0 Å². The van der Waals surface area contributed by atoms with Crippen molar-refractivity contribution in [2.75, 3.05) is 27.7 Å². The van der Waals surface area contributed by atoms with E-state index in [4.69, 9.17) is 4.74 Å². The number of esters is 1. The Hall–Kier alpha value is -2.62. The van der Waals surface area contributed by atoms with Gasteiger partial charge in [-0.1, -0.05) is 42.5 Å². The molecule has 2 aromatic carbocycles. The van der Waals surface area contributed by atoms with Gasteiger partial charge in [0.15, 0.2) is 5.96 Å². The van der Waals surface area contributed by atoms with E-state index in [-0.39, 0.29) is 48.4 Å². The Morgan fingerprint density at radius 1 is 1.07 bits per heavy atom. The van der Waals surface area contributed by atoms with Crippen molar-refractivity contribution in [3.8, 4) is 0 Å². The number of methoxy groups -OCH3 is 1. The van der Waals surface area contributed by atoms with Crippen LogP contribution in [0.2, 0.25) is 0 Å². The van der Waals surface area contributed by atoms with Gasteiger partial charge in [0.1, 0.15) is 0 Å². The van der Waals surface area contributed by atoms with Crippen molar-refractivity contribution in [2.24, 2.45) is 4.99 Å². The summed E-state index contributed by atoms with van der Waals surface area (Å²) >= 11 is 0. The summed E-state index contributed by atoms with van der Waals surface area (Å²) in [6, 6.07) is 17.1. The largest absolute Gasteiger partial charge is 0.465 e. The maximum atomic E-state index is 11.9. The van der Waals surface area contributed by atoms with Gasteiger partial charge in [0.25, 0.3) is 0 Å². The lowest BCUT2D eigenvalue weighted by Gasteiger charge is -2.19. The first-order valence-electron chi connectivity index (χ1n) is 9.38. The number of hydrogen-bond acceptors (Lipinski definition) is 4. The minimum absolute atomic E-state index is 0. The fourth-order valence-corrected chi connectivity index (χ4v) is 2.53. The second kappa shape index (κ2) is 12.8. The third-order valence-corrected chi connectivity index (χ3v) is 4.35. The Balaban J connectivity index is 0.00000450. The Morgan fingerprint density at radius 3 is 2.27 bits per heavy atom. The lowest BCUT2D eigenvalue weighted by atomic mass is 10.1. The summed E-state index contributed by atoms with van der Waals surface area (Å²) < 4.78 is 4.71. The van der Waals surface area contributed by atoms with Gasteiger partial charge in [-0.05, 0) is 30.2 Å². The molecule has 2 rings (SSSR count). The molecule has 2 N–H and O–H groups in total. The summed E-state index contributed by atoms with van der Waals surface area (Å²) in [5.74, 6) is 0.117. The topological polar surface area (TPSA) is 83.0 Å². The fourth-order valence-electron chi connectivity index (χ4n) is 2.53. The lowest BCUT2D eigenvalue weighted by molar-refractivity contribution is -0.127. The maximum absolute atomic E-state index is 11.9. The molecule has 1 amide bonds. The van der Waals surface area contributed by atoms with E-state index in [1.54, 1.807) is 26.2 Å². The van der Waals surface area contributed by atoms with Crippen LogP contribution >= 0.6 is 24.0 Å². The SMILES string of the molecule is COC(=O)c1ccc(CN=C(NCC(=O)N(C)C)NC(C)c2ccccc2)cc1.I. The maximum Gasteiger partial charge on any atom is 0.337 e. The van der Waals surface area contributed by atoms with Crippen molar-refractivity contribution in [3.05, 3.63) is 71.3 Å². The summed E-state index contributed by atoms with van der Waals surface area (Å²) in [6.45, 7) is 2.57. The van der Waals surface area contributed by atoms with Crippen LogP contribution in [-0.2, 0) is 16.1 Å². The zero-order chi connectivity index (χ0) is 21.2. The number of rotatable bonds is 7. The molecule has 0 aromatic heterocycles. The second-order valence-electron chi connectivity index (χ2n) is 6.77. The molecule has 0 bridgehead atoms. The summed E-state index contributed by atoms with van der Waals surface area (Å²) in [7, 11) is 4.78. The molecule has 0 aliphatic heterocycles. The van der Waals surface area contributed by atoms with Gasteiger partial charge in [-0.25, -0.2) is 9.79 Å². The highest BCUT2D eigenvalue weighted by molar-refractivity contribution is 14.0. The highest BCUT2D eigenvalue weighted by atomic mass is 127.